The molecule has 32 heavy (non-hydrogen) atoms. The summed E-state index contributed by atoms with van der Waals surface area (Å²) in [6.07, 6.45) is 5.54. The molecule has 168 valence electrons. The van der Waals surface area contributed by atoms with Gasteiger partial charge in [-0.25, -0.2) is 0 Å². The highest BCUT2D eigenvalue weighted by Gasteiger charge is 2.48. The SMILES string of the molecule is COc1cccc(CN2C(=O)c3cc4sccc4n3C[C@]2(C)C(=O)NC2CCCCC2)c1. The summed E-state index contributed by atoms with van der Waals surface area (Å²) < 4.78 is 8.47. The normalized spacial score (nSPS) is 21.6. The summed E-state index contributed by atoms with van der Waals surface area (Å²) in [7, 11) is 1.63. The molecule has 1 atom stereocenters. The molecule has 3 aromatic rings. The fourth-order valence-corrected chi connectivity index (χ4v) is 5.88. The molecule has 1 N–H and O–H groups in total. The number of nitrogens with one attached hydrogen (secondary N) is 1. The number of carbonyl (C=O) groups is 2. The molecule has 0 saturated heterocycles. The quantitative estimate of drug-likeness (QED) is 0.618. The maximum Gasteiger partial charge on any atom is 0.271 e. The molecule has 1 aromatic carbocycles. The van der Waals surface area contributed by atoms with Crippen molar-refractivity contribution in [2.45, 2.75) is 63.7 Å². The van der Waals surface area contributed by atoms with Crippen molar-refractivity contribution < 1.29 is 14.3 Å². The number of fused-ring (bicyclic) bond motifs is 3. The number of thiophene rings is 1. The average molecular weight is 452 g/mol. The lowest BCUT2D eigenvalue weighted by Crippen LogP contribution is -2.64. The summed E-state index contributed by atoms with van der Waals surface area (Å²) >= 11 is 1.62. The van der Waals surface area contributed by atoms with Crippen molar-refractivity contribution in [3.63, 3.8) is 0 Å². The number of methoxy groups -OCH3 is 1. The Kier molecular flexibility index (Phi) is 5.45. The van der Waals surface area contributed by atoms with Crippen LogP contribution in [-0.2, 0) is 17.9 Å². The van der Waals surface area contributed by atoms with E-state index >= 15 is 0 Å². The van der Waals surface area contributed by atoms with E-state index in [2.05, 4.69) is 5.32 Å². The molecule has 2 aromatic heterocycles. The van der Waals surface area contributed by atoms with E-state index in [0.717, 1.165) is 47.2 Å². The van der Waals surface area contributed by atoms with Crippen molar-refractivity contribution in [2.75, 3.05) is 7.11 Å². The highest BCUT2D eigenvalue weighted by atomic mass is 32.1. The van der Waals surface area contributed by atoms with E-state index in [1.165, 1.54) is 6.42 Å². The number of hydrogen-bond donors (Lipinski definition) is 1. The molecule has 1 fully saturated rings. The summed E-state index contributed by atoms with van der Waals surface area (Å²) in [5, 5.41) is 5.32. The second-order valence-electron chi connectivity index (χ2n) is 9.11. The van der Waals surface area contributed by atoms with Crippen molar-refractivity contribution in [3.05, 3.63) is 53.0 Å². The zero-order chi connectivity index (χ0) is 22.3. The highest BCUT2D eigenvalue weighted by Crippen LogP contribution is 2.35. The molecule has 0 radical (unpaired) electrons. The molecular formula is C25H29N3O3S. The molecule has 0 unspecified atom stereocenters. The van der Waals surface area contributed by atoms with Crippen LogP contribution in [0.25, 0.3) is 10.2 Å². The third-order valence-corrected chi connectivity index (χ3v) is 7.81. The van der Waals surface area contributed by atoms with E-state index in [1.807, 2.05) is 53.3 Å². The molecule has 1 aliphatic heterocycles. The van der Waals surface area contributed by atoms with Crippen molar-refractivity contribution in [1.82, 2.24) is 14.8 Å². The zero-order valence-corrected chi connectivity index (χ0v) is 19.4. The van der Waals surface area contributed by atoms with Gasteiger partial charge >= 0.3 is 0 Å². The maximum absolute atomic E-state index is 13.8. The first-order chi connectivity index (χ1) is 15.5. The van der Waals surface area contributed by atoms with Crippen molar-refractivity contribution in [2.24, 2.45) is 0 Å². The third kappa shape index (κ3) is 3.58. The monoisotopic (exact) mass is 451 g/mol. The molecular weight excluding hydrogens is 422 g/mol. The fraction of sp³-hybridized carbons (Fsp3) is 0.440. The Balaban J connectivity index is 1.53. The molecule has 2 aliphatic rings. The summed E-state index contributed by atoms with van der Waals surface area (Å²) in [4.78, 5) is 29.2. The summed E-state index contributed by atoms with van der Waals surface area (Å²) in [6.45, 7) is 2.70. The van der Waals surface area contributed by atoms with Crippen LogP contribution in [0, 0.1) is 0 Å². The van der Waals surface area contributed by atoms with Crippen LogP contribution in [-0.4, -0.2) is 40.0 Å². The Bertz CT molecular complexity index is 1160. The lowest BCUT2D eigenvalue weighted by molar-refractivity contribution is -0.134. The van der Waals surface area contributed by atoms with E-state index in [-0.39, 0.29) is 17.9 Å². The van der Waals surface area contributed by atoms with Gasteiger partial charge in [-0.15, -0.1) is 11.3 Å². The minimum absolute atomic E-state index is 0.0663. The maximum atomic E-state index is 13.8. The number of ether oxygens (including phenoxy) is 1. The van der Waals surface area contributed by atoms with E-state index in [9.17, 15) is 9.59 Å². The number of aromatic nitrogens is 1. The molecule has 1 saturated carbocycles. The predicted octanol–water partition coefficient (Wildman–Crippen LogP) is 4.58. The van der Waals surface area contributed by atoms with Gasteiger partial charge in [0.1, 0.15) is 17.0 Å². The van der Waals surface area contributed by atoms with Gasteiger partial charge < -0.3 is 19.5 Å². The van der Waals surface area contributed by atoms with Crippen LogP contribution in [0.2, 0.25) is 0 Å². The largest absolute Gasteiger partial charge is 0.497 e. The van der Waals surface area contributed by atoms with Gasteiger partial charge in [-0.2, -0.15) is 0 Å². The topological polar surface area (TPSA) is 63.6 Å². The Morgan fingerprint density at radius 3 is 2.81 bits per heavy atom. The summed E-state index contributed by atoms with van der Waals surface area (Å²) in [5.41, 5.74) is 1.63. The standard InChI is InChI=1S/C25H29N3O3S/c1-25(24(30)26-18-8-4-3-5-9-18)16-27-20-11-12-32-22(20)14-21(27)23(29)28(25)15-17-7-6-10-19(13-17)31-2/h6-7,10-14,18H,3-5,8-9,15-16H2,1-2H3,(H,26,30)/t25-/m1/s1. The second-order valence-corrected chi connectivity index (χ2v) is 10.1. The molecule has 2 amide bonds. The highest BCUT2D eigenvalue weighted by molar-refractivity contribution is 7.17. The van der Waals surface area contributed by atoms with Gasteiger partial charge in [-0.1, -0.05) is 31.4 Å². The molecule has 5 rings (SSSR count). The van der Waals surface area contributed by atoms with Crippen LogP contribution >= 0.6 is 11.3 Å². The Morgan fingerprint density at radius 2 is 2.03 bits per heavy atom. The Morgan fingerprint density at radius 1 is 1.22 bits per heavy atom. The number of hydrogen-bond acceptors (Lipinski definition) is 4. The molecule has 3 heterocycles. The van der Waals surface area contributed by atoms with Crippen LogP contribution in [0.4, 0.5) is 0 Å². The average Bonchev–Trinajstić information content (AvgIpc) is 3.40. The van der Waals surface area contributed by atoms with Crippen LogP contribution in [0.3, 0.4) is 0 Å². The van der Waals surface area contributed by atoms with Crippen LogP contribution in [0.1, 0.15) is 55.1 Å². The van der Waals surface area contributed by atoms with Crippen LogP contribution in [0.5, 0.6) is 5.75 Å². The summed E-state index contributed by atoms with van der Waals surface area (Å²) in [5.74, 6) is 0.566. The van der Waals surface area contributed by atoms with Crippen molar-refractivity contribution in [1.29, 1.82) is 0 Å². The zero-order valence-electron chi connectivity index (χ0n) is 18.6. The van der Waals surface area contributed by atoms with Crippen molar-refractivity contribution >= 4 is 33.4 Å². The smallest absolute Gasteiger partial charge is 0.271 e. The number of rotatable bonds is 5. The van der Waals surface area contributed by atoms with E-state index in [1.54, 1.807) is 23.3 Å². The van der Waals surface area contributed by atoms with Crippen molar-refractivity contribution in [3.8, 4) is 5.75 Å². The second kappa shape index (κ2) is 8.28. The van der Waals surface area contributed by atoms with Gasteiger partial charge in [-0.05, 0) is 55.0 Å². The predicted molar refractivity (Wildman–Crippen MR) is 126 cm³/mol. The molecule has 0 bridgehead atoms. The van der Waals surface area contributed by atoms with Crippen LogP contribution < -0.4 is 10.1 Å². The lowest BCUT2D eigenvalue weighted by atomic mass is 9.91. The minimum atomic E-state index is -0.988. The van der Waals surface area contributed by atoms with Gasteiger partial charge in [0.25, 0.3) is 5.91 Å². The summed E-state index contributed by atoms with van der Waals surface area (Å²) in [6, 6.07) is 11.9. The van der Waals surface area contributed by atoms with Gasteiger partial charge in [0.15, 0.2) is 0 Å². The molecule has 6 nitrogen and oxygen atoms in total. The fourth-order valence-electron chi connectivity index (χ4n) is 5.06. The minimum Gasteiger partial charge on any atom is -0.497 e. The molecule has 1 aliphatic carbocycles. The third-order valence-electron chi connectivity index (χ3n) is 6.95. The lowest BCUT2D eigenvalue weighted by Gasteiger charge is -2.45. The number of nitrogens with zero attached hydrogens (tertiary/aromatic N) is 2. The van der Waals surface area contributed by atoms with Crippen LogP contribution in [0.15, 0.2) is 41.8 Å². The van der Waals surface area contributed by atoms with E-state index in [0.29, 0.717) is 18.8 Å². The van der Waals surface area contributed by atoms with Gasteiger partial charge in [0.05, 0.1) is 23.9 Å². The van der Waals surface area contributed by atoms with E-state index < -0.39 is 5.54 Å². The Hall–Kier alpha value is -2.80. The van der Waals surface area contributed by atoms with Gasteiger partial charge in [0.2, 0.25) is 5.91 Å². The van der Waals surface area contributed by atoms with Gasteiger partial charge in [-0.3, -0.25) is 9.59 Å². The van der Waals surface area contributed by atoms with E-state index in [4.69, 9.17) is 4.74 Å². The molecule has 0 spiro atoms. The number of amides is 2. The molecule has 7 heteroatoms. The van der Waals surface area contributed by atoms with Gasteiger partial charge in [0, 0.05) is 12.6 Å². The first-order valence-electron chi connectivity index (χ1n) is 11.3. The Labute approximate surface area is 192 Å². The first kappa shape index (κ1) is 21.1. The number of benzene rings is 1. The number of carbonyl (C=O) groups excluding carboxylic acids is 2. The first-order valence-corrected chi connectivity index (χ1v) is 12.2.